The fraction of sp³-hybridized carbons (Fsp3) is 0.389. The topological polar surface area (TPSA) is 36.3 Å². The molecule has 0 spiro atoms. The predicted octanol–water partition coefficient (Wildman–Crippen LogP) is 4.30. The second-order valence-electron chi connectivity index (χ2n) is 5.20. The van der Waals surface area contributed by atoms with Crippen molar-refractivity contribution in [2.24, 2.45) is 0 Å². The van der Waals surface area contributed by atoms with E-state index >= 15 is 0 Å². The fourth-order valence-electron chi connectivity index (χ4n) is 2.70. The van der Waals surface area contributed by atoms with Gasteiger partial charge in [0.05, 0.1) is 7.11 Å². The van der Waals surface area contributed by atoms with Gasteiger partial charge in [0.15, 0.2) is 0 Å². The molecular weight excluding hydrogens is 260 g/mol. The zero-order valence-electron chi connectivity index (χ0n) is 13.1. The minimum Gasteiger partial charge on any atom is -0.496 e. The lowest BCUT2D eigenvalue weighted by Crippen LogP contribution is -2.32. The third-order valence-electron chi connectivity index (χ3n) is 3.66. The molecule has 0 aromatic heterocycles. The van der Waals surface area contributed by atoms with Crippen molar-refractivity contribution in [3.8, 4) is 5.75 Å². The number of hydrogen-bond donors (Lipinski definition) is 1. The molecule has 1 N–H and O–H groups in total. The highest BCUT2D eigenvalue weighted by atomic mass is 16.5. The monoisotopic (exact) mass is 284 g/mol. The summed E-state index contributed by atoms with van der Waals surface area (Å²) in [6.45, 7) is 6.16. The summed E-state index contributed by atoms with van der Waals surface area (Å²) in [4.78, 5) is 2.16. The summed E-state index contributed by atoms with van der Waals surface area (Å²) in [6.07, 6.45) is 2.10. The van der Waals surface area contributed by atoms with Crippen molar-refractivity contribution in [3.63, 3.8) is 0 Å². The van der Waals surface area contributed by atoms with Crippen molar-refractivity contribution >= 4 is 16.6 Å². The van der Waals surface area contributed by atoms with E-state index in [0.29, 0.717) is 5.84 Å². The number of methoxy groups -OCH3 is 1. The van der Waals surface area contributed by atoms with Gasteiger partial charge in [-0.05, 0) is 30.4 Å². The van der Waals surface area contributed by atoms with Gasteiger partial charge in [0, 0.05) is 24.0 Å². The summed E-state index contributed by atoms with van der Waals surface area (Å²) >= 11 is 0. The van der Waals surface area contributed by atoms with E-state index in [9.17, 15) is 0 Å². The van der Waals surface area contributed by atoms with Crippen molar-refractivity contribution in [2.75, 3.05) is 20.2 Å². The van der Waals surface area contributed by atoms with Crippen LogP contribution < -0.4 is 4.74 Å². The van der Waals surface area contributed by atoms with Gasteiger partial charge in [-0.15, -0.1) is 0 Å². The molecule has 3 heteroatoms. The third kappa shape index (κ3) is 3.18. The number of rotatable bonds is 6. The first kappa shape index (κ1) is 15.4. The van der Waals surface area contributed by atoms with Crippen LogP contribution in [0.25, 0.3) is 10.8 Å². The number of nitrogens with one attached hydrogen (secondary N) is 1. The molecule has 0 fully saturated rings. The standard InChI is InChI=1S/C18H24N2O/c1-4-12-20(13-5-2)18(19)16-10-11-17(21-3)15-9-7-6-8-14(15)16/h6-11,19H,4-5,12-13H2,1-3H3. The Kier molecular flexibility index (Phi) is 5.20. The fourth-order valence-corrected chi connectivity index (χ4v) is 2.70. The third-order valence-corrected chi connectivity index (χ3v) is 3.66. The molecule has 0 aliphatic heterocycles. The van der Waals surface area contributed by atoms with Crippen LogP contribution in [-0.4, -0.2) is 30.9 Å². The van der Waals surface area contributed by atoms with E-state index < -0.39 is 0 Å². The number of hydrogen-bond acceptors (Lipinski definition) is 2. The highest BCUT2D eigenvalue weighted by Crippen LogP contribution is 2.29. The van der Waals surface area contributed by atoms with Gasteiger partial charge in [0.2, 0.25) is 0 Å². The zero-order valence-corrected chi connectivity index (χ0v) is 13.1. The highest BCUT2D eigenvalue weighted by Gasteiger charge is 2.14. The van der Waals surface area contributed by atoms with Crippen LogP contribution in [0.3, 0.4) is 0 Å². The Hall–Kier alpha value is -2.03. The first-order valence-corrected chi connectivity index (χ1v) is 7.62. The maximum atomic E-state index is 8.59. The Morgan fingerprint density at radius 3 is 2.19 bits per heavy atom. The molecular formula is C18H24N2O. The van der Waals surface area contributed by atoms with E-state index in [1.807, 2.05) is 24.3 Å². The van der Waals surface area contributed by atoms with Gasteiger partial charge in [-0.25, -0.2) is 0 Å². The number of benzene rings is 2. The van der Waals surface area contributed by atoms with Crippen molar-refractivity contribution in [3.05, 3.63) is 42.0 Å². The molecule has 0 saturated carbocycles. The first-order chi connectivity index (χ1) is 10.2. The lowest BCUT2D eigenvalue weighted by atomic mass is 10.0. The van der Waals surface area contributed by atoms with E-state index in [0.717, 1.165) is 48.0 Å². The summed E-state index contributed by atoms with van der Waals surface area (Å²) in [5.41, 5.74) is 0.980. The summed E-state index contributed by atoms with van der Waals surface area (Å²) < 4.78 is 5.43. The molecule has 3 nitrogen and oxygen atoms in total. The van der Waals surface area contributed by atoms with Crippen LogP contribution >= 0.6 is 0 Å². The molecule has 0 heterocycles. The molecule has 112 valence electrons. The highest BCUT2D eigenvalue weighted by molar-refractivity contribution is 6.09. The molecule has 2 rings (SSSR count). The summed E-state index contributed by atoms with van der Waals surface area (Å²) in [5, 5.41) is 10.7. The molecule has 0 bridgehead atoms. The van der Waals surface area contributed by atoms with E-state index in [2.05, 4.69) is 30.9 Å². The number of fused-ring (bicyclic) bond motifs is 1. The van der Waals surface area contributed by atoms with Crippen molar-refractivity contribution in [1.82, 2.24) is 4.90 Å². The molecule has 2 aromatic rings. The van der Waals surface area contributed by atoms with E-state index in [-0.39, 0.29) is 0 Å². The van der Waals surface area contributed by atoms with Gasteiger partial charge in [-0.3, -0.25) is 5.41 Å². The normalized spacial score (nSPS) is 10.6. The maximum absolute atomic E-state index is 8.59. The van der Waals surface area contributed by atoms with Gasteiger partial charge >= 0.3 is 0 Å². The Balaban J connectivity index is 2.48. The van der Waals surface area contributed by atoms with Crippen LogP contribution in [0.15, 0.2) is 36.4 Å². The van der Waals surface area contributed by atoms with Crippen LogP contribution in [0, 0.1) is 5.41 Å². The summed E-state index contributed by atoms with van der Waals surface area (Å²) in [5.74, 6) is 1.47. The Morgan fingerprint density at radius 2 is 1.62 bits per heavy atom. The molecule has 0 saturated heterocycles. The number of ether oxygens (including phenoxy) is 1. The van der Waals surface area contributed by atoms with E-state index in [1.165, 1.54) is 0 Å². The smallest absolute Gasteiger partial charge is 0.128 e. The van der Waals surface area contributed by atoms with E-state index in [1.54, 1.807) is 7.11 Å². The molecule has 21 heavy (non-hydrogen) atoms. The minimum atomic E-state index is 0.609. The quantitative estimate of drug-likeness (QED) is 0.634. The lowest BCUT2D eigenvalue weighted by Gasteiger charge is -2.25. The van der Waals surface area contributed by atoms with Gasteiger partial charge in [-0.2, -0.15) is 0 Å². The van der Waals surface area contributed by atoms with Crippen LogP contribution in [0.2, 0.25) is 0 Å². The summed E-state index contributed by atoms with van der Waals surface area (Å²) in [7, 11) is 1.69. The number of amidine groups is 1. The lowest BCUT2D eigenvalue weighted by molar-refractivity contribution is 0.414. The minimum absolute atomic E-state index is 0.609. The van der Waals surface area contributed by atoms with Crippen molar-refractivity contribution < 1.29 is 4.74 Å². The Labute approximate surface area is 127 Å². The van der Waals surface area contributed by atoms with Gasteiger partial charge in [0.25, 0.3) is 0 Å². The van der Waals surface area contributed by atoms with Crippen LogP contribution in [-0.2, 0) is 0 Å². The molecule has 0 unspecified atom stereocenters. The van der Waals surface area contributed by atoms with Gasteiger partial charge in [-0.1, -0.05) is 38.1 Å². The molecule has 0 aliphatic rings. The molecule has 0 amide bonds. The molecule has 0 radical (unpaired) electrons. The van der Waals surface area contributed by atoms with Crippen LogP contribution in [0.5, 0.6) is 5.75 Å². The maximum Gasteiger partial charge on any atom is 0.128 e. The molecule has 2 aromatic carbocycles. The van der Waals surface area contributed by atoms with Crippen LogP contribution in [0.1, 0.15) is 32.3 Å². The Morgan fingerprint density at radius 1 is 1.00 bits per heavy atom. The SMILES string of the molecule is CCCN(CCC)C(=N)c1ccc(OC)c2ccccc12. The second-order valence-corrected chi connectivity index (χ2v) is 5.20. The van der Waals surface area contributed by atoms with Crippen molar-refractivity contribution in [2.45, 2.75) is 26.7 Å². The first-order valence-electron chi connectivity index (χ1n) is 7.62. The van der Waals surface area contributed by atoms with Gasteiger partial charge < -0.3 is 9.64 Å². The van der Waals surface area contributed by atoms with Gasteiger partial charge in [0.1, 0.15) is 11.6 Å². The predicted molar refractivity (Wildman–Crippen MR) is 89.5 cm³/mol. The zero-order chi connectivity index (χ0) is 15.2. The average molecular weight is 284 g/mol. The average Bonchev–Trinajstić information content (AvgIpc) is 2.53. The number of nitrogens with zero attached hydrogens (tertiary/aromatic N) is 1. The van der Waals surface area contributed by atoms with Crippen molar-refractivity contribution in [1.29, 1.82) is 5.41 Å². The second kappa shape index (κ2) is 7.11. The largest absolute Gasteiger partial charge is 0.496 e. The van der Waals surface area contributed by atoms with Crippen LogP contribution in [0.4, 0.5) is 0 Å². The summed E-state index contributed by atoms with van der Waals surface area (Å²) in [6, 6.07) is 12.1. The molecule has 0 aliphatic carbocycles. The molecule has 0 atom stereocenters. The van der Waals surface area contributed by atoms with E-state index in [4.69, 9.17) is 10.1 Å². The Bertz CT molecular complexity index is 616.